The van der Waals surface area contributed by atoms with Gasteiger partial charge in [-0.25, -0.2) is 0 Å². The molecule has 1 aliphatic heterocycles. The van der Waals surface area contributed by atoms with Crippen molar-refractivity contribution in [2.24, 2.45) is 5.92 Å². The lowest BCUT2D eigenvalue weighted by molar-refractivity contribution is -0.155. The Hall–Kier alpha value is -0.860. The molecule has 0 N–H and O–H groups in total. The van der Waals surface area contributed by atoms with Crippen molar-refractivity contribution < 1.29 is 4.84 Å². The fraction of sp³-hybridized carbons (Fsp3) is 0.600. The SMILES string of the molecule is CC(C)N1OC[C@@H]2C[C@H](c3ccccc3)C[C@@H]21. The van der Waals surface area contributed by atoms with Gasteiger partial charge in [0.2, 0.25) is 0 Å². The molecule has 1 aromatic rings. The van der Waals surface area contributed by atoms with Gasteiger partial charge in [0.1, 0.15) is 0 Å². The first-order valence-corrected chi connectivity index (χ1v) is 6.72. The molecule has 0 radical (unpaired) electrons. The molecule has 0 spiro atoms. The average Bonchev–Trinajstić information content (AvgIpc) is 2.88. The molecule has 92 valence electrons. The number of hydrogen-bond acceptors (Lipinski definition) is 2. The maximum Gasteiger partial charge on any atom is 0.0729 e. The van der Waals surface area contributed by atoms with E-state index in [1.807, 2.05) is 0 Å². The lowest BCUT2D eigenvalue weighted by Gasteiger charge is -2.25. The minimum Gasteiger partial charge on any atom is -0.298 e. The van der Waals surface area contributed by atoms with Crippen LogP contribution in [0.15, 0.2) is 30.3 Å². The highest BCUT2D eigenvalue weighted by atomic mass is 16.7. The van der Waals surface area contributed by atoms with E-state index in [-0.39, 0.29) is 0 Å². The smallest absolute Gasteiger partial charge is 0.0729 e. The lowest BCUT2D eigenvalue weighted by atomic mass is 9.97. The summed E-state index contributed by atoms with van der Waals surface area (Å²) in [5.41, 5.74) is 1.51. The zero-order valence-corrected chi connectivity index (χ0v) is 10.7. The highest BCUT2D eigenvalue weighted by molar-refractivity contribution is 5.22. The first-order valence-electron chi connectivity index (χ1n) is 6.72. The van der Waals surface area contributed by atoms with Gasteiger partial charge in [-0.2, -0.15) is 5.06 Å². The molecule has 1 heterocycles. The van der Waals surface area contributed by atoms with Crippen LogP contribution in [-0.2, 0) is 4.84 Å². The molecule has 3 rings (SSSR count). The summed E-state index contributed by atoms with van der Waals surface area (Å²) in [6, 6.07) is 12.1. The number of rotatable bonds is 2. The van der Waals surface area contributed by atoms with Gasteiger partial charge in [0.15, 0.2) is 0 Å². The third-order valence-electron chi connectivity index (χ3n) is 4.20. The summed E-state index contributed by atoms with van der Waals surface area (Å²) in [6.45, 7) is 5.36. The quantitative estimate of drug-likeness (QED) is 0.775. The first kappa shape index (κ1) is 11.2. The molecule has 1 aromatic carbocycles. The van der Waals surface area contributed by atoms with Gasteiger partial charge in [-0.15, -0.1) is 0 Å². The predicted octanol–water partition coefficient (Wildman–Crippen LogP) is 3.20. The standard InChI is InChI=1S/C15H21NO/c1-11(2)16-15-9-13(8-14(15)10-17-16)12-6-4-3-5-7-12/h3-7,11,13-15H,8-10H2,1-2H3/t13-,14-,15-/m0/s1. The fourth-order valence-electron chi connectivity index (χ4n) is 3.40. The second-order valence-electron chi connectivity index (χ2n) is 5.66. The summed E-state index contributed by atoms with van der Waals surface area (Å²) >= 11 is 0. The summed E-state index contributed by atoms with van der Waals surface area (Å²) in [4.78, 5) is 5.80. The van der Waals surface area contributed by atoms with Crippen LogP contribution in [0.1, 0.15) is 38.2 Å². The monoisotopic (exact) mass is 231 g/mol. The lowest BCUT2D eigenvalue weighted by Crippen LogP contribution is -2.35. The topological polar surface area (TPSA) is 12.5 Å². The van der Waals surface area contributed by atoms with E-state index in [0.29, 0.717) is 12.1 Å². The van der Waals surface area contributed by atoms with Crippen molar-refractivity contribution in [3.05, 3.63) is 35.9 Å². The van der Waals surface area contributed by atoms with E-state index in [9.17, 15) is 0 Å². The van der Waals surface area contributed by atoms with Crippen LogP contribution in [0.4, 0.5) is 0 Å². The van der Waals surface area contributed by atoms with Crippen molar-refractivity contribution in [1.82, 2.24) is 5.06 Å². The summed E-state index contributed by atoms with van der Waals surface area (Å²) in [5.74, 6) is 1.47. The van der Waals surface area contributed by atoms with Gasteiger partial charge in [0.05, 0.1) is 6.61 Å². The van der Waals surface area contributed by atoms with Crippen molar-refractivity contribution >= 4 is 0 Å². The largest absolute Gasteiger partial charge is 0.298 e. The number of hydroxylamine groups is 2. The van der Waals surface area contributed by atoms with Crippen LogP contribution in [0, 0.1) is 5.92 Å². The van der Waals surface area contributed by atoms with Crippen LogP contribution < -0.4 is 0 Å². The van der Waals surface area contributed by atoms with Gasteiger partial charge >= 0.3 is 0 Å². The Bertz CT molecular complexity index is 376. The number of hydrogen-bond donors (Lipinski definition) is 0. The molecule has 2 heteroatoms. The molecule has 2 nitrogen and oxygen atoms in total. The molecule has 17 heavy (non-hydrogen) atoms. The Morgan fingerprint density at radius 2 is 1.94 bits per heavy atom. The van der Waals surface area contributed by atoms with E-state index >= 15 is 0 Å². The van der Waals surface area contributed by atoms with E-state index in [1.54, 1.807) is 0 Å². The van der Waals surface area contributed by atoms with Gasteiger partial charge in [-0.05, 0) is 38.2 Å². The van der Waals surface area contributed by atoms with Gasteiger partial charge < -0.3 is 0 Å². The second-order valence-corrected chi connectivity index (χ2v) is 5.66. The zero-order valence-electron chi connectivity index (χ0n) is 10.7. The van der Waals surface area contributed by atoms with Crippen molar-refractivity contribution in [3.63, 3.8) is 0 Å². The summed E-state index contributed by atoms with van der Waals surface area (Å²) in [7, 11) is 0. The molecule has 0 unspecified atom stereocenters. The molecule has 2 aliphatic rings. The van der Waals surface area contributed by atoms with Crippen LogP contribution in [0.5, 0.6) is 0 Å². The van der Waals surface area contributed by atoms with Crippen molar-refractivity contribution in [2.45, 2.75) is 44.7 Å². The van der Waals surface area contributed by atoms with E-state index in [2.05, 4.69) is 49.2 Å². The Morgan fingerprint density at radius 1 is 1.18 bits per heavy atom. The Balaban J connectivity index is 1.74. The minimum atomic E-state index is 0.500. The Kier molecular flexibility index (Phi) is 2.93. The highest BCUT2D eigenvalue weighted by Crippen LogP contribution is 2.44. The summed E-state index contributed by atoms with van der Waals surface area (Å²) in [5, 5.41) is 2.23. The molecule has 1 saturated heterocycles. The normalized spacial score (nSPS) is 33.2. The molecular formula is C15H21NO. The Labute approximate surface area is 104 Å². The average molecular weight is 231 g/mol. The molecule has 1 aliphatic carbocycles. The highest BCUT2D eigenvalue weighted by Gasteiger charge is 2.44. The van der Waals surface area contributed by atoms with E-state index in [1.165, 1.54) is 18.4 Å². The van der Waals surface area contributed by atoms with Crippen molar-refractivity contribution in [3.8, 4) is 0 Å². The molecule has 2 fully saturated rings. The van der Waals surface area contributed by atoms with Crippen molar-refractivity contribution in [1.29, 1.82) is 0 Å². The van der Waals surface area contributed by atoms with Gasteiger partial charge in [-0.3, -0.25) is 4.84 Å². The Morgan fingerprint density at radius 3 is 2.65 bits per heavy atom. The van der Waals surface area contributed by atoms with Crippen LogP contribution in [0.2, 0.25) is 0 Å². The molecule has 0 aromatic heterocycles. The maximum absolute atomic E-state index is 5.80. The molecular weight excluding hydrogens is 210 g/mol. The van der Waals surface area contributed by atoms with Crippen LogP contribution in [0.25, 0.3) is 0 Å². The predicted molar refractivity (Wildman–Crippen MR) is 68.6 cm³/mol. The van der Waals surface area contributed by atoms with Crippen LogP contribution in [0.3, 0.4) is 0 Å². The van der Waals surface area contributed by atoms with Gasteiger partial charge in [0, 0.05) is 18.0 Å². The molecule has 0 bridgehead atoms. The molecule has 0 amide bonds. The summed E-state index contributed by atoms with van der Waals surface area (Å²) < 4.78 is 0. The van der Waals surface area contributed by atoms with E-state index < -0.39 is 0 Å². The first-order chi connectivity index (χ1) is 8.25. The van der Waals surface area contributed by atoms with E-state index in [4.69, 9.17) is 4.84 Å². The zero-order chi connectivity index (χ0) is 11.8. The number of nitrogens with zero attached hydrogens (tertiary/aromatic N) is 1. The maximum atomic E-state index is 5.80. The number of benzene rings is 1. The second kappa shape index (κ2) is 4.43. The minimum absolute atomic E-state index is 0.500. The van der Waals surface area contributed by atoms with Gasteiger partial charge in [-0.1, -0.05) is 30.3 Å². The van der Waals surface area contributed by atoms with Crippen molar-refractivity contribution in [2.75, 3.05) is 6.61 Å². The van der Waals surface area contributed by atoms with Crippen LogP contribution in [-0.4, -0.2) is 23.8 Å². The molecule has 3 atom stereocenters. The fourth-order valence-corrected chi connectivity index (χ4v) is 3.40. The van der Waals surface area contributed by atoms with Gasteiger partial charge in [0.25, 0.3) is 0 Å². The van der Waals surface area contributed by atoms with Crippen LogP contribution >= 0.6 is 0 Å². The molecule has 1 saturated carbocycles. The third-order valence-corrected chi connectivity index (χ3v) is 4.20. The van der Waals surface area contributed by atoms with E-state index in [0.717, 1.165) is 18.4 Å². The third kappa shape index (κ3) is 2.00. The number of fused-ring (bicyclic) bond motifs is 1. The summed E-state index contributed by atoms with van der Waals surface area (Å²) in [6.07, 6.45) is 2.55.